The quantitative estimate of drug-likeness (QED) is 0.555. The molecule has 6 rings (SSSR count). The molecule has 3 atom stereocenters. The van der Waals surface area contributed by atoms with Crippen LogP contribution < -0.4 is 5.32 Å². The molecule has 2 bridgehead atoms. The summed E-state index contributed by atoms with van der Waals surface area (Å²) in [5.74, 6) is -0.289. The predicted molar refractivity (Wildman–Crippen MR) is 109 cm³/mol. The van der Waals surface area contributed by atoms with Gasteiger partial charge in [0.2, 0.25) is 0 Å². The Morgan fingerprint density at radius 1 is 1.11 bits per heavy atom. The van der Waals surface area contributed by atoms with Crippen molar-refractivity contribution < 1.29 is 8.60 Å². The third-order valence-corrected chi connectivity index (χ3v) is 7.72. The summed E-state index contributed by atoms with van der Waals surface area (Å²) in [6.07, 6.45) is 5.13. The van der Waals surface area contributed by atoms with E-state index in [0.29, 0.717) is 23.0 Å². The van der Waals surface area contributed by atoms with Gasteiger partial charge in [0, 0.05) is 53.7 Å². The molecule has 1 fully saturated rings. The van der Waals surface area contributed by atoms with Gasteiger partial charge in [-0.1, -0.05) is 6.07 Å². The van der Waals surface area contributed by atoms with Crippen molar-refractivity contribution in [2.75, 3.05) is 0 Å². The third-order valence-electron chi connectivity index (χ3n) is 6.39. The first-order valence-corrected chi connectivity index (χ1v) is 10.8. The minimum atomic E-state index is -1.43. The average molecular weight is 393 g/mol. The molecule has 4 heterocycles. The first kappa shape index (κ1) is 16.5. The van der Waals surface area contributed by atoms with E-state index in [9.17, 15) is 8.60 Å². The van der Waals surface area contributed by atoms with E-state index in [1.165, 1.54) is 34.6 Å². The highest BCUT2D eigenvalue weighted by atomic mass is 32.2. The number of aryl methyl sites for hydroxylation is 1. The summed E-state index contributed by atoms with van der Waals surface area (Å²) in [5, 5.41) is 5.40. The molecule has 0 aliphatic carbocycles. The van der Waals surface area contributed by atoms with E-state index in [1.54, 1.807) is 22.3 Å². The number of rotatable bonds is 2. The van der Waals surface area contributed by atoms with Crippen LogP contribution in [0.15, 0.2) is 53.6 Å². The normalized spacial score (nSPS) is 22.1. The Labute approximate surface area is 164 Å². The van der Waals surface area contributed by atoms with Crippen LogP contribution in [0.25, 0.3) is 21.8 Å². The number of aromatic nitrogens is 2. The van der Waals surface area contributed by atoms with Gasteiger partial charge in [0.05, 0.1) is 10.4 Å². The molecule has 2 aliphatic heterocycles. The smallest absolute Gasteiger partial charge is 0.157 e. The standard InChI is InChI=1S/C22H20FN3OS/c1-25-19-8-6-14(12-16(19)22-18-7-5-13(24-18)11-21(22)25)28(27)26-10-9-15-17(23)3-2-4-20(15)26/h2-4,6,8-10,12-13,18,24H,5,7,11H2,1H3. The molecule has 4 aromatic rings. The molecular formula is C22H20FN3OS. The van der Waals surface area contributed by atoms with Crippen molar-refractivity contribution in [1.82, 2.24) is 13.9 Å². The molecule has 0 radical (unpaired) electrons. The highest BCUT2D eigenvalue weighted by Gasteiger charge is 2.35. The largest absolute Gasteiger partial charge is 0.347 e. The number of hydrogen-bond acceptors (Lipinski definition) is 2. The Hall–Kier alpha value is -2.44. The first-order chi connectivity index (χ1) is 13.6. The molecule has 0 spiro atoms. The molecule has 1 N–H and O–H groups in total. The second-order valence-electron chi connectivity index (χ2n) is 7.86. The predicted octanol–water partition coefficient (Wildman–Crippen LogP) is 4.19. The van der Waals surface area contributed by atoms with E-state index in [2.05, 4.69) is 29.1 Å². The highest BCUT2D eigenvalue weighted by Crippen LogP contribution is 2.41. The molecule has 4 nitrogen and oxygen atoms in total. The zero-order valence-corrected chi connectivity index (χ0v) is 16.3. The SMILES string of the molecule is Cn1c2c(c3cc(S(=O)n4ccc5c(F)cccc54)ccc31)C1CCC(C2)N1. The zero-order valence-electron chi connectivity index (χ0n) is 15.5. The van der Waals surface area contributed by atoms with Crippen molar-refractivity contribution in [2.24, 2.45) is 7.05 Å². The first-order valence-electron chi connectivity index (χ1n) is 9.67. The van der Waals surface area contributed by atoms with Gasteiger partial charge < -0.3 is 9.88 Å². The molecule has 3 unspecified atom stereocenters. The van der Waals surface area contributed by atoms with Crippen molar-refractivity contribution in [1.29, 1.82) is 0 Å². The highest BCUT2D eigenvalue weighted by molar-refractivity contribution is 7.83. The summed E-state index contributed by atoms with van der Waals surface area (Å²) >= 11 is 0. The van der Waals surface area contributed by atoms with E-state index in [-0.39, 0.29) is 5.82 Å². The summed E-state index contributed by atoms with van der Waals surface area (Å²) < 4.78 is 31.3. The van der Waals surface area contributed by atoms with Gasteiger partial charge in [0.25, 0.3) is 0 Å². The summed E-state index contributed by atoms with van der Waals surface area (Å²) in [4.78, 5) is 0.739. The van der Waals surface area contributed by atoms with Gasteiger partial charge >= 0.3 is 0 Å². The molecule has 1 saturated heterocycles. The Bertz CT molecular complexity index is 1290. The second-order valence-corrected chi connectivity index (χ2v) is 9.22. The van der Waals surface area contributed by atoms with Crippen LogP contribution in [0.1, 0.15) is 30.1 Å². The number of fused-ring (bicyclic) bond motifs is 7. The third kappa shape index (κ3) is 2.16. The minimum absolute atomic E-state index is 0.289. The fraction of sp³-hybridized carbons (Fsp3) is 0.273. The van der Waals surface area contributed by atoms with Gasteiger partial charge in [0.15, 0.2) is 11.0 Å². The van der Waals surface area contributed by atoms with Gasteiger partial charge in [-0.15, -0.1) is 0 Å². The van der Waals surface area contributed by atoms with Crippen LogP contribution >= 0.6 is 0 Å². The van der Waals surface area contributed by atoms with Gasteiger partial charge in [-0.25, -0.2) is 8.60 Å². The van der Waals surface area contributed by atoms with E-state index < -0.39 is 11.0 Å². The van der Waals surface area contributed by atoms with Crippen LogP contribution in [0.3, 0.4) is 0 Å². The van der Waals surface area contributed by atoms with Crippen molar-refractivity contribution in [2.45, 2.75) is 36.2 Å². The van der Waals surface area contributed by atoms with Gasteiger partial charge in [0.1, 0.15) is 5.82 Å². The Kier molecular flexibility index (Phi) is 3.41. The monoisotopic (exact) mass is 393 g/mol. The summed E-state index contributed by atoms with van der Waals surface area (Å²) in [5.41, 5.74) is 4.60. The topological polar surface area (TPSA) is 39.0 Å². The molecule has 0 saturated carbocycles. The maximum absolute atomic E-state index is 14.0. The van der Waals surface area contributed by atoms with Gasteiger partial charge in [-0.2, -0.15) is 0 Å². The molecule has 2 aliphatic rings. The van der Waals surface area contributed by atoms with Crippen molar-refractivity contribution in [3.8, 4) is 0 Å². The lowest BCUT2D eigenvalue weighted by molar-refractivity contribution is 0.503. The summed E-state index contributed by atoms with van der Waals surface area (Å²) in [6.45, 7) is 0. The van der Waals surface area contributed by atoms with Crippen LogP contribution in [0.4, 0.5) is 4.39 Å². The molecule has 2 aromatic heterocycles. The van der Waals surface area contributed by atoms with Crippen molar-refractivity contribution in [3.63, 3.8) is 0 Å². The number of benzene rings is 2. The molecular weight excluding hydrogens is 373 g/mol. The Morgan fingerprint density at radius 2 is 2.00 bits per heavy atom. The maximum Gasteiger partial charge on any atom is 0.157 e. The van der Waals surface area contributed by atoms with Crippen LogP contribution in [0.2, 0.25) is 0 Å². The molecule has 6 heteroatoms. The fourth-order valence-corrected chi connectivity index (χ4v) is 6.19. The van der Waals surface area contributed by atoms with E-state index >= 15 is 0 Å². The molecule has 142 valence electrons. The number of hydrogen-bond donors (Lipinski definition) is 1. The Morgan fingerprint density at radius 3 is 2.89 bits per heavy atom. The van der Waals surface area contributed by atoms with Crippen LogP contribution in [0, 0.1) is 5.82 Å². The fourth-order valence-electron chi connectivity index (χ4n) is 5.05. The lowest BCUT2D eigenvalue weighted by Crippen LogP contribution is -2.32. The van der Waals surface area contributed by atoms with Crippen LogP contribution in [0.5, 0.6) is 0 Å². The van der Waals surface area contributed by atoms with E-state index in [0.717, 1.165) is 17.7 Å². The summed E-state index contributed by atoms with van der Waals surface area (Å²) in [6, 6.07) is 13.6. The van der Waals surface area contributed by atoms with Gasteiger partial charge in [-0.05, 0) is 54.8 Å². The zero-order chi connectivity index (χ0) is 19.0. The van der Waals surface area contributed by atoms with E-state index in [4.69, 9.17) is 0 Å². The maximum atomic E-state index is 14.0. The molecule has 2 aromatic carbocycles. The molecule has 0 amide bonds. The number of nitrogens with one attached hydrogen (secondary N) is 1. The van der Waals surface area contributed by atoms with Gasteiger partial charge in [-0.3, -0.25) is 3.97 Å². The van der Waals surface area contributed by atoms with Crippen molar-refractivity contribution >= 4 is 32.8 Å². The Balaban J connectivity index is 1.52. The number of halogens is 1. The number of nitrogens with zero attached hydrogens (tertiary/aromatic N) is 2. The molecule has 28 heavy (non-hydrogen) atoms. The minimum Gasteiger partial charge on any atom is -0.347 e. The van der Waals surface area contributed by atoms with E-state index in [1.807, 2.05) is 12.1 Å². The average Bonchev–Trinajstić information content (AvgIpc) is 3.38. The summed E-state index contributed by atoms with van der Waals surface area (Å²) in [7, 11) is 0.701. The lowest BCUT2D eigenvalue weighted by Gasteiger charge is -2.23. The van der Waals surface area contributed by atoms with Crippen LogP contribution in [-0.4, -0.2) is 18.8 Å². The second kappa shape index (κ2) is 5.78. The lowest BCUT2D eigenvalue weighted by atomic mass is 9.99. The van der Waals surface area contributed by atoms with Crippen LogP contribution in [-0.2, 0) is 24.5 Å². The van der Waals surface area contributed by atoms with Crippen molar-refractivity contribution in [3.05, 3.63) is 65.7 Å².